The highest BCUT2D eigenvalue weighted by Gasteiger charge is 2.33. The van der Waals surface area contributed by atoms with Crippen molar-refractivity contribution in [3.8, 4) is 0 Å². The molecular weight excluding hydrogens is 162 g/mol. The minimum atomic E-state index is -2.56. The van der Waals surface area contributed by atoms with Gasteiger partial charge < -0.3 is 0 Å². The molecule has 70 valence electrons. The average molecular weight is 176 g/mol. The highest BCUT2D eigenvalue weighted by molar-refractivity contribution is 5.80. The fraction of sp³-hybridized carbons (Fsp3) is 0.889. The molecule has 1 rings (SSSR count). The molecule has 1 atom stereocenters. The van der Waals surface area contributed by atoms with Crippen molar-refractivity contribution >= 4 is 5.78 Å². The number of ketones is 1. The molecule has 1 aliphatic carbocycles. The van der Waals surface area contributed by atoms with E-state index in [-0.39, 0.29) is 24.5 Å². The molecule has 1 saturated carbocycles. The van der Waals surface area contributed by atoms with E-state index in [1.165, 1.54) is 6.92 Å². The SMILES string of the molecule is CCC(F)(F)CC1CCC(=O)C1. The summed E-state index contributed by atoms with van der Waals surface area (Å²) in [5.41, 5.74) is 0. The van der Waals surface area contributed by atoms with Crippen LogP contribution < -0.4 is 0 Å². The molecule has 0 aromatic rings. The number of hydrogen-bond donors (Lipinski definition) is 0. The van der Waals surface area contributed by atoms with E-state index in [1.54, 1.807) is 0 Å². The first-order valence-corrected chi connectivity index (χ1v) is 4.43. The standard InChI is InChI=1S/C9H14F2O/c1-2-9(10,11)6-7-3-4-8(12)5-7/h7H,2-6H2,1H3. The Morgan fingerprint density at radius 3 is 2.67 bits per heavy atom. The predicted octanol–water partition coefficient (Wildman–Crippen LogP) is 2.79. The molecule has 0 saturated heterocycles. The van der Waals surface area contributed by atoms with E-state index in [4.69, 9.17) is 0 Å². The molecule has 1 unspecified atom stereocenters. The van der Waals surface area contributed by atoms with Crippen LogP contribution >= 0.6 is 0 Å². The third-order valence-corrected chi connectivity index (χ3v) is 2.45. The highest BCUT2D eigenvalue weighted by atomic mass is 19.3. The lowest BCUT2D eigenvalue weighted by Crippen LogP contribution is -2.18. The van der Waals surface area contributed by atoms with Crippen LogP contribution in [-0.2, 0) is 4.79 Å². The summed E-state index contributed by atoms with van der Waals surface area (Å²) in [5, 5.41) is 0. The van der Waals surface area contributed by atoms with Crippen molar-refractivity contribution in [1.29, 1.82) is 0 Å². The van der Waals surface area contributed by atoms with Crippen LogP contribution in [0, 0.1) is 5.92 Å². The van der Waals surface area contributed by atoms with Crippen molar-refractivity contribution in [2.45, 2.75) is 45.0 Å². The summed E-state index contributed by atoms with van der Waals surface area (Å²) in [5.74, 6) is -2.48. The lowest BCUT2D eigenvalue weighted by atomic mass is 9.98. The number of Topliss-reactive ketones (excluding diaryl/α,β-unsaturated/α-hetero) is 1. The third kappa shape index (κ3) is 2.54. The first kappa shape index (κ1) is 9.62. The molecular formula is C9H14F2O. The van der Waals surface area contributed by atoms with E-state index in [0.717, 1.165) is 0 Å². The molecule has 0 aliphatic heterocycles. The Morgan fingerprint density at radius 2 is 2.25 bits per heavy atom. The predicted molar refractivity (Wildman–Crippen MR) is 42.2 cm³/mol. The van der Waals surface area contributed by atoms with Crippen LogP contribution in [0.3, 0.4) is 0 Å². The smallest absolute Gasteiger partial charge is 0.248 e. The van der Waals surface area contributed by atoms with Crippen LogP contribution in [0.25, 0.3) is 0 Å². The fourth-order valence-corrected chi connectivity index (χ4v) is 1.63. The Hall–Kier alpha value is -0.470. The number of hydrogen-bond acceptors (Lipinski definition) is 1. The first-order chi connectivity index (χ1) is 5.53. The number of carbonyl (C=O) groups excluding carboxylic acids is 1. The van der Waals surface area contributed by atoms with E-state index >= 15 is 0 Å². The number of carbonyl (C=O) groups is 1. The van der Waals surface area contributed by atoms with Gasteiger partial charge in [-0.3, -0.25) is 4.79 Å². The van der Waals surface area contributed by atoms with E-state index in [0.29, 0.717) is 19.3 Å². The molecule has 0 bridgehead atoms. The molecule has 0 amide bonds. The van der Waals surface area contributed by atoms with E-state index < -0.39 is 5.92 Å². The normalized spacial score (nSPS) is 24.9. The molecule has 0 spiro atoms. The molecule has 0 aromatic carbocycles. The second-order valence-corrected chi connectivity index (χ2v) is 3.56. The molecule has 1 aliphatic rings. The van der Waals surface area contributed by atoms with Gasteiger partial charge in [-0.25, -0.2) is 8.78 Å². The van der Waals surface area contributed by atoms with Crippen molar-refractivity contribution in [2.24, 2.45) is 5.92 Å². The minimum Gasteiger partial charge on any atom is -0.300 e. The lowest BCUT2D eigenvalue weighted by Gasteiger charge is -2.17. The Labute approximate surface area is 71.1 Å². The molecule has 0 heterocycles. The zero-order valence-electron chi connectivity index (χ0n) is 7.28. The van der Waals surface area contributed by atoms with Gasteiger partial charge in [0.2, 0.25) is 5.92 Å². The van der Waals surface area contributed by atoms with E-state index in [2.05, 4.69) is 0 Å². The second-order valence-electron chi connectivity index (χ2n) is 3.56. The van der Waals surface area contributed by atoms with Crippen LogP contribution in [0.15, 0.2) is 0 Å². The maximum atomic E-state index is 12.8. The monoisotopic (exact) mass is 176 g/mol. The Bertz CT molecular complexity index is 177. The summed E-state index contributed by atoms with van der Waals surface area (Å²) in [6.45, 7) is 1.48. The topological polar surface area (TPSA) is 17.1 Å². The van der Waals surface area contributed by atoms with Gasteiger partial charge in [0, 0.05) is 25.7 Å². The van der Waals surface area contributed by atoms with Crippen molar-refractivity contribution in [1.82, 2.24) is 0 Å². The molecule has 1 nitrogen and oxygen atoms in total. The Kier molecular flexibility index (Phi) is 2.80. The maximum Gasteiger partial charge on any atom is 0.248 e. The Balaban J connectivity index is 2.36. The minimum absolute atomic E-state index is 0.0625. The van der Waals surface area contributed by atoms with Crippen LogP contribution in [0.4, 0.5) is 8.78 Å². The molecule has 1 fully saturated rings. The van der Waals surface area contributed by atoms with Gasteiger partial charge in [0.1, 0.15) is 5.78 Å². The summed E-state index contributed by atoms with van der Waals surface area (Å²) >= 11 is 0. The lowest BCUT2D eigenvalue weighted by molar-refractivity contribution is -0.117. The molecule has 12 heavy (non-hydrogen) atoms. The summed E-state index contributed by atoms with van der Waals surface area (Å²) in [4.78, 5) is 10.8. The summed E-state index contributed by atoms with van der Waals surface area (Å²) in [6, 6.07) is 0. The Morgan fingerprint density at radius 1 is 1.58 bits per heavy atom. The number of rotatable bonds is 3. The van der Waals surface area contributed by atoms with Crippen molar-refractivity contribution < 1.29 is 13.6 Å². The molecule has 0 radical (unpaired) electrons. The molecule has 3 heteroatoms. The van der Waals surface area contributed by atoms with E-state index in [9.17, 15) is 13.6 Å². The van der Waals surface area contributed by atoms with Gasteiger partial charge >= 0.3 is 0 Å². The third-order valence-electron chi connectivity index (χ3n) is 2.45. The van der Waals surface area contributed by atoms with Gasteiger partial charge in [0.25, 0.3) is 0 Å². The number of alkyl halides is 2. The van der Waals surface area contributed by atoms with Crippen molar-refractivity contribution in [3.05, 3.63) is 0 Å². The van der Waals surface area contributed by atoms with Crippen molar-refractivity contribution in [2.75, 3.05) is 0 Å². The average Bonchev–Trinajstić information content (AvgIpc) is 2.35. The largest absolute Gasteiger partial charge is 0.300 e. The highest BCUT2D eigenvalue weighted by Crippen LogP contribution is 2.34. The van der Waals surface area contributed by atoms with E-state index in [1.807, 2.05) is 0 Å². The van der Waals surface area contributed by atoms with Crippen molar-refractivity contribution in [3.63, 3.8) is 0 Å². The summed E-state index contributed by atoms with van der Waals surface area (Å²) < 4.78 is 25.6. The van der Waals surface area contributed by atoms with Gasteiger partial charge in [-0.2, -0.15) is 0 Å². The van der Waals surface area contributed by atoms with Crippen LogP contribution in [0.5, 0.6) is 0 Å². The van der Waals surface area contributed by atoms with Gasteiger partial charge in [-0.1, -0.05) is 6.92 Å². The molecule has 0 N–H and O–H groups in total. The summed E-state index contributed by atoms with van der Waals surface area (Å²) in [7, 11) is 0. The van der Waals surface area contributed by atoms with Crippen LogP contribution in [-0.4, -0.2) is 11.7 Å². The number of halogens is 2. The van der Waals surface area contributed by atoms with Crippen LogP contribution in [0.2, 0.25) is 0 Å². The zero-order chi connectivity index (χ0) is 9.19. The summed E-state index contributed by atoms with van der Waals surface area (Å²) in [6.07, 6.45) is 1.32. The zero-order valence-corrected chi connectivity index (χ0v) is 7.28. The van der Waals surface area contributed by atoms with Gasteiger partial charge in [0.15, 0.2) is 0 Å². The van der Waals surface area contributed by atoms with Gasteiger partial charge in [0.05, 0.1) is 0 Å². The molecule has 0 aromatic heterocycles. The van der Waals surface area contributed by atoms with Crippen LogP contribution in [0.1, 0.15) is 39.0 Å². The quantitative estimate of drug-likeness (QED) is 0.646. The maximum absolute atomic E-state index is 12.8. The fourth-order valence-electron chi connectivity index (χ4n) is 1.63. The van der Waals surface area contributed by atoms with Gasteiger partial charge in [-0.05, 0) is 12.3 Å². The first-order valence-electron chi connectivity index (χ1n) is 4.43. The second kappa shape index (κ2) is 3.50. The van der Waals surface area contributed by atoms with Gasteiger partial charge in [-0.15, -0.1) is 0 Å².